The summed E-state index contributed by atoms with van der Waals surface area (Å²) in [5.41, 5.74) is 6.51. The Bertz CT molecular complexity index is 271. The molecule has 2 rings (SSSR count). The summed E-state index contributed by atoms with van der Waals surface area (Å²) in [5, 5.41) is 3.77. The number of nitrogens with two attached hydrogens (primary N) is 1. The molecule has 1 aliphatic heterocycles. The van der Waals surface area contributed by atoms with E-state index in [9.17, 15) is 0 Å². The van der Waals surface area contributed by atoms with Gasteiger partial charge in [0.25, 0.3) is 0 Å². The molecule has 0 aromatic carbocycles. The highest BCUT2D eigenvalue weighted by Gasteiger charge is 2.48. The fourth-order valence-electron chi connectivity index (χ4n) is 3.52. The minimum atomic E-state index is 0.0286. The lowest BCUT2D eigenvalue weighted by atomic mass is 9.74. The van der Waals surface area contributed by atoms with E-state index in [1.54, 1.807) is 0 Å². The Morgan fingerprint density at radius 2 is 1.88 bits per heavy atom. The van der Waals surface area contributed by atoms with Gasteiger partial charge in [-0.05, 0) is 38.0 Å². The van der Waals surface area contributed by atoms with Crippen LogP contribution < -0.4 is 11.1 Å². The molecule has 2 atom stereocenters. The molecule has 0 spiro atoms. The van der Waals surface area contributed by atoms with Gasteiger partial charge in [-0.25, -0.2) is 0 Å². The molecule has 1 heterocycles. The number of hydrogen-bond donors (Lipinski definition) is 2. The van der Waals surface area contributed by atoms with Gasteiger partial charge in [-0.15, -0.1) is 0 Å². The van der Waals surface area contributed by atoms with Gasteiger partial charge in [0, 0.05) is 25.2 Å². The van der Waals surface area contributed by atoms with Crippen LogP contribution in [-0.2, 0) is 4.74 Å². The van der Waals surface area contributed by atoms with Crippen molar-refractivity contribution in [3.63, 3.8) is 0 Å². The summed E-state index contributed by atoms with van der Waals surface area (Å²) in [6.07, 6.45) is 6.12. The first-order chi connectivity index (χ1) is 7.93. The minimum absolute atomic E-state index is 0.0286. The van der Waals surface area contributed by atoms with Crippen LogP contribution in [0.1, 0.15) is 52.9 Å². The zero-order valence-electron chi connectivity index (χ0n) is 11.6. The lowest BCUT2D eigenvalue weighted by molar-refractivity contribution is 0.00744. The maximum absolute atomic E-state index is 6.07. The second-order valence-corrected chi connectivity index (χ2v) is 6.78. The Hall–Kier alpha value is -0.120. The van der Waals surface area contributed by atoms with E-state index < -0.39 is 0 Å². The third kappa shape index (κ3) is 2.38. The van der Waals surface area contributed by atoms with Crippen molar-refractivity contribution in [2.75, 3.05) is 19.7 Å². The number of nitrogens with one attached hydrogen (secondary N) is 1. The van der Waals surface area contributed by atoms with Gasteiger partial charge in [-0.2, -0.15) is 0 Å². The van der Waals surface area contributed by atoms with E-state index in [1.165, 1.54) is 32.1 Å². The van der Waals surface area contributed by atoms with Gasteiger partial charge in [-0.3, -0.25) is 0 Å². The fraction of sp³-hybridized carbons (Fsp3) is 1.00. The number of rotatable bonds is 4. The molecule has 3 nitrogen and oxygen atoms in total. The SMILES string of the molecule is CC1(CNC2(CN)CCCC2(C)C)CCCO1. The predicted octanol–water partition coefficient (Wildman–Crippen LogP) is 2.05. The summed E-state index contributed by atoms with van der Waals surface area (Å²) in [4.78, 5) is 0. The molecule has 2 fully saturated rings. The molecule has 3 N–H and O–H groups in total. The fourth-order valence-corrected chi connectivity index (χ4v) is 3.52. The molecule has 1 aliphatic carbocycles. The number of ether oxygens (including phenoxy) is 1. The molecule has 0 radical (unpaired) electrons. The first-order valence-electron chi connectivity index (χ1n) is 7.02. The van der Waals surface area contributed by atoms with Crippen molar-refractivity contribution in [2.24, 2.45) is 11.1 Å². The zero-order valence-corrected chi connectivity index (χ0v) is 11.6. The third-order valence-corrected chi connectivity index (χ3v) is 5.15. The molecule has 2 aliphatic rings. The molecule has 0 aromatic heterocycles. The molecule has 100 valence electrons. The summed E-state index contributed by atoms with van der Waals surface area (Å²) in [6.45, 7) is 9.50. The van der Waals surface area contributed by atoms with E-state index in [-0.39, 0.29) is 11.1 Å². The zero-order chi connectivity index (χ0) is 12.6. The molecule has 0 aromatic rings. The molecule has 1 saturated carbocycles. The van der Waals surface area contributed by atoms with Crippen LogP contribution in [0.4, 0.5) is 0 Å². The van der Waals surface area contributed by atoms with Gasteiger partial charge in [-0.1, -0.05) is 20.3 Å². The molecule has 1 saturated heterocycles. The van der Waals surface area contributed by atoms with Crippen molar-refractivity contribution in [2.45, 2.75) is 64.0 Å². The Labute approximate surface area is 105 Å². The van der Waals surface area contributed by atoms with Crippen molar-refractivity contribution in [3.8, 4) is 0 Å². The highest BCUT2D eigenvalue weighted by atomic mass is 16.5. The predicted molar refractivity (Wildman–Crippen MR) is 71.0 cm³/mol. The lowest BCUT2D eigenvalue weighted by Crippen LogP contribution is -2.60. The summed E-state index contributed by atoms with van der Waals surface area (Å²) in [7, 11) is 0. The largest absolute Gasteiger partial charge is 0.374 e. The molecular weight excluding hydrogens is 212 g/mol. The van der Waals surface area contributed by atoms with Crippen molar-refractivity contribution in [1.82, 2.24) is 5.32 Å². The van der Waals surface area contributed by atoms with E-state index in [4.69, 9.17) is 10.5 Å². The first-order valence-corrected chi connectivity index (χ1v) is 7.02. The van der Waals surface area contributed by atoms with Crippen molar-refractivity contribution >= 4 is 0 Å². The average molecular weight is 240 g/mol. The van der Waals surface area contributed by atoms with E-state index in [0.29, 0.717) is 5.41 Å². The normalized spacial score (nSPS) is 40.9. The highest BCUT2D eigenvalue weighted by molar-refractivity contribution is 5.06. The lowest BCUT2D eigenvalue weighted by Gasteiger charge is -2.43. The van der Waals surface area contributed by atoms with Crippen LogP contribution in [0.3, 0.4) is 0 Å². The quantitative estimate of drug-likeness (QED) is 0.790. The van der Waals surface area contributed by atoms with Crippen molar-refractivity contribution < 1.29 is 4.74 Å². The van der Waals surface area contributed by atoms with Crippen LogP contribution in [0.2, 0.25) is 0 Å². The smallest absolute Gasteiger partial charge is 0.0779 e. The van der Waals surface area contributed by atoms with Crippen molar-refractivity contribution in [1.29, 1.82) is 0 Å². The van der Waals surface area contributed by atoms with Gasteiger partial charge in [0.2, 0.25) is 0 Å². The van der Waals surface area contributed by atoms with Crippen LogP contribution >= 0.6 is 0 Å². The summed E-state index contributed by atoms with van der Waals surface area (Å²) >= 11 is 0. The van der Waals surface area contributed by atoms with E-state index in [2.05, 4.69) is 26.1 Å². The second kappa shape index (κ2) is 4.52. The Kier molecular flexibility index (Phi) is 3.54. The summed E-state index contributed by atoms with van der Waals surface area (Å²) < 4.78 is 5.85. The molecule has 0 bridgehead atoms. The topological polar surface area (TPSA) is 47.3 Å². The maximum atomic E-state index is 6.07. The van der Waals surface area contributed by atoms with E-state index in [0.717, 1.165) is 19.7 Å². The van der Waals surface area contributed by atoms with E-state index >= 15 is 0 Å². The van der Waals surface area contributed by atoms with E-state index in [1.807, 2.05) is 0 Å². The summed E-state index contributed by atoms with van der Waals surface area (Å²) in [5.74, 6) is 0. The summed E-state index contributed by atoms with van der Waals surface area (Å²) in [6, 6.07) is 0. The van der Waals surface area contributed by atoms with Crippen LogP contribution in [0.25, 0.3) is 0 Å². The van der Waals surface area contributed by atoms with Crippen LogP contribution in [0.15, 0.2) is 0 Å². The maximum Gasteiger partial charge on any atom is 0.0779 e. The van der Waals surface area contributed by atoms with Crippen molar-refractivity contribution in [3.05, 3.63) is 0 Å². The molecule has 3 heteroatoms. The molecule has 0 amide bonds. The Morgan fingerprint density at radius 3 is 2.35 bits per heavy atom. The number of hydrogen-bond acceptors (Lipinski definition) is 3. The Balaban J connectivity index is 2.00. The minimum Gasteiger partial charge on any atom is -0.374 e. The highest BCUT2D eigenvalue weighted by Crippen LogP contribution is 2.45. The molecule has 2 unspecified atom stereocenters. The molecular formula is C14H28N2O. The van der Waals surface area contributed by atoms with Gasteiger partial charge in [0.1, 0.15) is 0 Å². The van der Waals surface area contributed by atoms with Gasteiger partial charge in [0.05, 0.1) is 5.60 Å². The first kappa shape index (κ1) is 13.3. The Morgan fingerprint density at radius 1 is 1.12 bits per heavy atom. The third-order valence-electron chi connectivity index (χ3n) is 5.15. The monoisotopic (exact) mass is 240 g/mol. The van der Waals surface area contributed by atoms with Crippen LogP contribution in [0, 0.1) is 5.41 Å². The average Bonchev–Trinajstić information content (AvgIpc) is 2.81. The van der Waals surface area contributed by atoms with Gasteiger partial charge in [0.15, 0.2) is 0 Å². The van der Waals surface area contributed by atoms with Gasteiger partial charge < -0.3 is 15.8 Å². The standard InChI is InChI=1S/C14H28N2O/c1-12(2)6-4-8-14(12,10-15)16-11-13(3)7-5-9-17-13/h16H,4-11,15H2,1-3H3. The van der Waals surface area contributed by atoms with Gasteiger partial charge >= 0.3 is 0 Å². The van der Waals surface area contributed by atoms with Crippen LogP contribution in [-0.4, -0.2) is 30.8 Å². The molecule has 17 heavy (non-hydrogen) atoms. The van der Waals surface area contributed by atoms with Crippen LogP contribution in [0.5, 0.6) is 0 Å². The second-order valence-electron chi connectivity index (χ2n) is 6.78.